The van der Waals surface area contributed by atoms with E-state index < -0.39 is 0 Å². The number of amides is 1. The molecular weight excluding hydrogens is 412 g/mol. The summed E-state index contributed by atoms with van der Waals surface area (Å²) in [6, 6.07) is 9.97. The molecule has 0 fully saturated rings. The van der Waals surface area contributed by atoms with Crippen molar-refractivity contribution in [2.45, 2.75) is 27.7 Å². The predicted molar refractivity (Wildman–Crippen MR) is 128 cm³/mol. The Bertz CT molecular complexity index is 1190. The third-order valence-corrected chi connectivity index (χ3v) is 7.50. The Morgan fingerprint density at radius 2 is 1.83 bits per heavy atom. The maximum absolute atomic E-state index is 13.6. The molecule has 2 aromatic heterocycles. The van der Waals surface area contributed by atoms with Crippen LogP contribution in [-0.4, -0.2) is 47.0 Å². The van der Waals surface area contributed by atoms with Gasteiger partial charge in [0.05, 0.1) is 25.9 Å². The molecule has 156 valence electrons. The van der Waals surface area contributed by atoms with Crippen molar-refractivity contribution in [1.82, 2.24) is 14.9 Å². The summed E-state index contributed by atoms with van der Waals surface area (Å²) in [6.45, 7) is 11.8. The molecule has 0 aliphatic carbocycles. The number of nitrogens with zero attached hydrogens (tertiary/aromatic N) is 4. The van der Waals surface area contributed by atoms with Gasteiger partial charge in [-0.2, -0.15) is 0 Å². The highest BCUT2D eigenvalue weighted by atomic mass is 32.1. The van der Waals surface area contributed by atoms with Crippen molar-refractivity contribution < 1.29 is 4.79 Å². The lowest BCUT2D eigenvalue weighted by Crippen LogP contribution is -2.38. The van der Waals surface area contributed by atoms with Crippen molar-refractivity contribution in [1.29, 1.82) is 0 Å². The number of likely N-dealkylation sites (N-methyl/N-ethyl adjacent to an activating group) is 1. The maximum atomic E-state index is 13.6. The highest BCUT2D eigenvalue weighted by Crippen LogP contribution is 2.33. The van der Waals surface area contributed by atoms with Crippen molar-refractivity contribution in [2.24, 2.45) is 0 Å². The molecule has 4 aromatic rings. The van der Waals surface area contributed by atoms with Gasteiger partial charge in [-0.15, -0.1) is 11.3 Å². The van der Waals surface area contributed by atoms with Gasteiger partial charge in [0.1, 0.15) is 0 Å². The molecule has 0 aliphatic heterocycles. The fraction of sp³-hybridized carbons (Fsp3) is 0.348. The quantitative estimate of drug-likeness (QED) is 0.382. The van der Waals surface area contributed by atoms with Crippen molar-refractivity contribution in [3.63, 3.8) is 0 Å². The number of thiazole rings is 2. The molecule has 0 saturated carbocycles. The van der Waals surface area contributed by atoms with Crippen LogP contribution in [0.1, 0.15) is 35.3 Å². The minimum absolute atomic E-state index is 0.00844. The van der Waals surface area contributed by atoms with Crippen LogP contribution in [0.4, 0.5) is 5.13 Å². The maximum Gasteiger partial charge on any atom is 0.260 e. The van der Waals surface area contributed by atoms with Crippen molar-refractivity contribution in [3.8, 4) is 0 Å². The van der Waals surface area contributed by atoms with Gasteiger partial charge in [-0.05, 0) is 62.3 Å². The smallest absolute Gasteiger partial charge is 0.260 e. The predicted octanol–water partition coefficient (Wildman–Crippen LogP) is 5.51. The van der Waals surface area contributed by atoms with Crippen LogP contribution in [0, 0.1) is 13.8 Å². The van der Waals surface area contributed by atoms with E-state index in [0.717, 1.165) is 45.2 Å². The summed E-state index contributed by atoms with van der Waals surface area (Å²) in [5.74, 6) is -0.00844. The number of aryl methyl sites for hydroxylation is 2. The van der Waals surface area contributed by atoms with E-state index in [9.17, 15) is 4.79 Å². The van der Waals surface area contributed by atoms with E-state index in [0.29, 0.717) is 12.1 Å². The summed E-state index contributed by atoms with van der Waals surface area (Å²) in [6.07, 6.45) is 0. The summed E-state index contributed by atoms with van der Waals surface area (Å²) >= 11 is 3.15. The number of hydrogen-bond acceptors (Lipinski definition) is 6. The van der Waals surface area contributed by atoms with Crippen molar-refractivity contribution in [2.75, 3.05) is 31.1 Å². The number of benzene rings is 2. The summed E-state index contributed by atoms with van der Waals surface area (Å²) < 4.78 is 2.15. The average Bonchev–Trinajstić information content (AvgIpc) is 3.40. The normalized spacial score (nSPS) is 11.6. The molecule has 0 atom stereocenters. The van der Waals surface area contributed by atoms with Crippen LogP contribution >= 0.6 is 22.7 Å². The Hall–Kier alpha value is -2.35. The number of carbonyl (C=O) groups is 1. The van der Waals surface area contributed by atoms with Crippen LogP contribution in [-0.2, 0) is 0 Å². The Balaban J connectivity index is 1.73. The molecule has 1 amide bonds. The third-order valence-electron chi connectivity index (χ3n) is 5.66. The summed E-state index contributed by atoms with van der Waals surface area (Å²) in [4.78, 5) is 27.0. The molecule has 0 N–H and O–H groups in total. The first kappa shape index (κ1) is 20.9. The fourth-order valence-electron chi connectivity index (χ4n) is 3.54. The molecule has 7 heteroatoms. The molecule has 2 aromatic carbocycles. The van der Waals surface area contributed by atoms with E-state index >= 15 is 0 Å². The molecule has 2 heterocycles. The van der Waals surface area contributed by atoms with Crippen molar-refractivity contribution >= 4 is 54.1 Å². The first-order valence-electron chi connectivity index (χ1n) is 10.3. The Morgan fingerprint density at radius 3 is 2.60 bits per heavy atom. The lowest BCUT2D eigenvalue weighted by molar-refractivity contribution is 0.0984. The van der Waals surface area contributed by atoms with Gasteiger partial charge in [-0.25, -0.2) is 9.97 Å². The summed E-state index contributed by atoms with van der Waals surface area (Å²) in [7, 11) is 0. The minimum atomic E-state index is -0.00844. The second kappa shape index (κ2) is 8.79. The molecule has 0 unspecified atom stereocenters. The largest absolute Gasteiger partial charge is 0.302 e. The number of anilines is 1. The molecule has 0 radical (unpaired) electrons. The number of fused-ring (bicyclic) bond motifs is 2. The van der Waals surface area contributed by atoms with E-state index in [1.54, 1.807) is 22.7 Å². The van der Waals surface area contributed by atoms with Gasteiger partial charge < -0.3 is 4.90 Å². The Morgan fingerprint density at radius 1 is 1.03 bits per heavy atom. The van der Waals surface area contributed by atoms with E-state index in [4.69, 9.17) is 4.98 Å². The zero-order valence-corrected chi connectivity index (χ0v) is 19.4. The minimum Gasteiger partial charge on any atom is -0.302 e. The van der Waals surface area contributed by atoms with Gasteiger partial charge in [0.15, 0.2) is 5.13 Å². The zero-order chi connectivity index (χ0) is 21.3. The third kappa shape index (κ3) is 3.97. The molecule has 30 heavy (non-hydrogen) atoms. The highest BCUT2D eigenvalue weighted by Gasteiger charge is 2.23. The van der Waals surface area contributed by atoms with Gasteiger partial charge >= 0.3 is 0 Å². The average molecular weight is 439 g/mol. The first-order valence-corrected chi connectivity index (χ1v) is 12.0. The second-order valence-corrected chi connectivity index (χ2v) is 9.26. The molecule has 0 bridgehead atoms. The molecule has 0 aliphatic rings. The molecule has 0 spiro atoms. The van der Waals surface area contributed by atoms with Crippen LogP contribution in [0.5, 0.6) is 0 Å². The van der Waals surface area contributed by atoms with Gasteiger partial charge in [0.2, 0.25) is 0 Å². The van der Waals surface area contributed by atoms with Crippen LogP contribution in [0.2, 0.25) is 0 Å². The lowest BCUT2D eigenvalue weighted by Gasteiger charge is -2.24. The lowest BCUT2D eigenvalue weighted by atomic mass is 10.1. The number of hydrogen-bond donors (Lipinski definition) is 0. The van der Waals surface area contributed by atoms with Crippen LogP contribution in [0.3, 0.4) is 0 Å². The topological polar surface area (TPSA) is 49.3 Å². The van der Waals surface area contributed by atoms with Gasteiger partial charge in [0, 0.05) is 18.7 Å². The monoisotopic (exact) mass is 438 g/mol. The Labute approximate surface area is 185 Å². The van der Waals surface area contributed by atoms with E-state index in [-0.39, 0.29) is 5.91 Å². The van der Waals surface area contributed by atoms with Gasteiger partial charge in [0.25, 0.3) is 5.91 Å². The second-order valence-electron chi connectivity index (χ2n) is 7.37. The number of aromatic nitrogens is 2. The SMILES string of the molecule is CCN(CC)CCN(C(=O)c1ccc2ncsc2c1)c1nc2c(C)c(C)ccc2s1. The molecule has 4 rings (SSSR count). The van der Waals surface area contributed by atoms with Crippen LogP contribution < -0.4 is 4.90 Å². The fourth-order valence-corrected chi connectivity index (χ4v) is 5.30. The zero-order valence-electron chi connectivity index (χ0n) is 17.8. The highest BCUT2D eigenvalue weighted by molar-refractivity contribution is 7.22. The van der Waals surface area contributed by atoms with Crippen molar-refractivity contribution in [3.05, 3.63) is 52.5 Å². The standard InChI is InChI=1S/C23H26N4OS2/c1-5-26(6-2)11-12-27(22(28)17-8-9-18-20(13-17)29-14-24-18)23-25-21-16(4)15(3)7-10-19(21)30-23/h7-10,13-14H,5-6,11-12H2,1-4H3. The molecular formula is C23H26N4OS2. The molecule has 0 saturated heterocycles. The molecule has 5 nitrogen and oxygen atoms in total. The van der Waals surface area contributed by atoms with Gasteiger partial charge in [-0.1, -0.05) is 31.3 Å². The summed E-state index contributed by atoms with van der Waals surface area (Å²) in [5.41, 5.74) is 6.81. The van der Waals surface area contributed by atoms with E-state index in [1.807, 2.05) is 28.6 Å². The van der Waals surface area contributed by atoms with Crippen LogP contribution in [0.25, 0.3) is 20.4 Å². The Kier molecular flexibility index (Phi) is 6.13. The summed E-state index contributed by atoms with van der Waals surface area (Å²) in [5, 5.41) is 0.764. The van der Waals surface area contributed by atoms with Crippen LogP contribution in [0.15, 0.2) is 35.8 Å². The van der Waals surface area contributed by atoms with E-state index in [2.05, 4.69) is 49.7 Å². The van der Waals surface area contributed by atoms with Gasteiger partial charge in [-0.3, -0.25) is 9.69 Å². The van der Waals surface area contributed by atoms with E-state index in [1.165, 1.54) is 11.1 Å². The number of carbonyl (C=O) groups excluding carboxylic acids is 1. The first-order chi connectivity index (χ1) is 14.5. The number of rotatable bonds is 7.